The molecule has 0 saturated heterocycles. The van der Waals surface area contributed by atoms with Crippen LogP contribution < -0.4 is 0 Å². The van der Waals surface area contributed by atoms with E-state index in [4.69, 9.17) is 9.84 Å². The highest BCUT2D eigenvalue weighted by Crippen LogP contribution is 2.18. The van der Waals surface area contributed by atoms with Crippen molar-refractivity contribution in [3.8, 4) is 0 Å². The van der Waals surface area contributed by atoms with Gasteiger partial charge in [-0.15, -0.1) is 0 Å². The Morgan fingerprint density at radius 3 is 2.42 bits per heavy atom. The normalized spacial score (nSPS) is 11.2. The van der Waals surface area contributed by atoms with E-state index < -0.39 is 11.8 Å². The molecule has 0 bridgehead atoms. The number of hydrogen-bond acceptors (Lipinski definition) is 2. The molecule has 0 aliphatic carbocycles. The second-order valence-corrected chi connectivity index (χ2v) is 3.58. The second-order valence-electron chi connectivity index (χ2n) is 3.58. The lowest BCUT2D eigenvalue weighted by molar-refractivity contribution is -0.00223. The van der Waals surface area contributed by atoms with E-state index in [0.717, 1.165) is 25.7 Å². The molecule has 0 radical (unpaired) electrons. The highest BCUT2D eigenvalue weighted by atomic mass is 16.7. The molecule has 0 aromatic carbocycles. The Morgan fingerprint density at radius 2 is 2.00 bits per heavy atom. The summed E-state index contributed by atoms with van der Waals surface area (Å²) in [6.45, 7) is 5.72. The molecule has 0 unspecified atom stereocenters. The SMILES string of the molecule is CCCCCC(C)(C)OC(=O)O. The zero-order valence-electron chi connectivity index (χ0n) is 8.09. The van der Waals surface area contributed by atoms with Gasteiger partial charge in [-0.25, -0.2) is 4.79 Å². The molecule has 0 aromatic heterocycles. The first-order valence-corrected chi connectivity index (χ1v) is 4.40. The molecule has 0 aliphatic rings. The number of unbranched alkanes of at least 4 members (excludes halogenated alkanes) is 2. The third-order valence-electron chi connectivity index (χ3n) is 1.75. The Morgan fingerprint density at radius 1 is 1.42 bits per heavy atom. The first-order chi connectivity index (χ1) is 5.48. The van der Waals surface area contributed by atoms with Crippen LogP contribution in [0.15, 0.2) is 0 Å². The van der Waals surface area contributed by atoms with Crippen LogP contribution >= 0.6 is 0 Å². The minimum atomic E-state index is -1.18. The summed E-state index contributed by atoms with van der Waals surface area (Å²) < 4.78 is 4.70. The van der Waals surface area contributed by atoms with Crippen molar-refractivity contribution in [1.29, 1.82) is 0 Å². The molecule has 0 aliphatic heterocycles. The number of ether oxygens (including phenoxy) is 1. The molecule has 3 nitrogen and oxygen atoms in total. The highest BCUT2D eigenvalue weighted by Gasteiger charge is 2.21. The average Bonchev–Trinajstić information content (AvgIpc) is 1.84. The third kappa shape index (κ3) is 6.01. The van der Waals surface area contributed by atoms with Crippen molar-refractivity contribution in [2.24, 2.45) is 0 Å². The Kier molecular flexibility index (Phi) is 4.71. The lowest BCUT2D eigenvalue weighted by Crippen LogP contribution is -2.26. The lowest BCUT2D eigenvalue weighted by atomic mass is 10.0. The van der Waals surface area contributed by atoms with Crippen molar-refractivity contribution in [1.82, 2.24) is 0 Å². The summed E-state index contributed by atoms with van der Waals surface area (Å²) in [7, 11) is 0. The minimum absolute atomic E-state index is 0.527. The Hall–Kier alpha value is -0.730. The monoisotopic (exact) mass is 174 g/mol. The highest BCUT2D eigenvalue weighted by molar-refractivity contribution is 5.57. The van der Waals surface area contributed by atoms with E-state index in [0.29, 0.717) is 0 Å². The second kappa shape index (κ2) is 5.01. The van der Waals surface area contributed by atoms with E-state index in [1.165, 1.54) is 0 Å². The van der Waals surface area contributed by atoms with E-state index in [9.17, 15) is 4.79 Å². The molecule has 0 heterocycles. The van der Waals surface area contributed by atoms with Gasteiger partial charge < -0.3 is 9.84 Å². The van der Waals surface area contributed by atoms with Crippen LogP contribution in [0, 0.1) is 0 Å². The molecule has 3 heteroatoms. The third-order valence-corrected chi connectivity index (χ3v) is 1.75. The van der Waals surface area contributed by atoms with Crippen molar-refractivity contribution in [2.45, 2.75) is 52.1 Å². The summed E-state index contributed by atoms with van der Waals surface area (Å²) in [5.74, 6) is 0. The van der Waals surface area contributed by atoms with Gasteiger partial charge in [-0.05, 0) is 26.7 Å². The molecule has 0 rings (SSSR count). The summed E-state index contributed by atoms with van der Waals surface area (Å²) in [6.07, 6.45) is 2.91. The van der Waals surface area contributed by atoms with Crippen molar-refractivity contribution in [3.05, 3.63) is 0 Å². The summed E-state index contributed by atoms with van der Waals surface area (Å²) in [4.78, 5) is 10.2. The Balaban J connectivity index is 3.63. The van der Waals surface area contributed by atoms with Crippen LogP contribution in [0.1, 0.15) is 46.5 Å². The molecule has 0 amide bonds. The largest absolute Gasteiger partial charge is 0.506 e. The predicted molar refractivity (Wildman–Crippen MR) is 47.3 cm³/mol. The van der Waals surface area contributed by atoms with Crippen molar-refractivity contribution >= 4 is 6.16 Å². The molecule has 0 fully saturated rings. The van der Waals surface area contributed by atoms with E-state index in [1.54, 1.807) is 13.8 Å². The average molecular weight is 174 g/mol. The molecule has 12 heavy (non-hydrogen) atoms. The minimum Gasteiger partial charge on any atom is -0.450 e. The maximum absolute atomic E-state index is 10.2. The van der Waals surface area contributed by atoms with E-state index in [2.05, 4.69) is 6.92 Å². The van der Waals surface area contributed by atoms with Crippen LogP contribution in [0.2, 0.25) is 0 Å². The fraction of sp³-hybridized carbons (Fsp3) is 0.889. The first kappa shape index (κ1) is 11.3. The Labute approximate surface area is 73.7 Å². The maximum Gasteiger partial charge on any atom is 0.506 e. The van der Waals surface area contributed by atoms with Crippen LogP contribution in [0.3, 0.4) is 0 Å². The van der Waals surface area contributed by atoms with Gasteiger partial charge in [0.1, 0.15) is 5.60 Å². The molecular formula is C9H18O3. The Bertz CT molecular complexity index is 141. The fourth-order valence-corrected chi connectivity index (χ4v) is 1.09. The standard InChI is InChI=1S/C9H18O3/c1-4-5-6-7-9(2,3)12-8(10)11/h4-7H2,1-3H3,(H,10,11). The predicted octanol–water partition coefficient (Wildman–Crippen LogP) is 3.04. The zero-order valence-corrected chi connectivity index (χ0v) is 8.09. The van der Waals surface area contributed by atoms with Gasteiger partial charge in [-0.1, -0.05) is 19.8 Å². The first-order valence-electron chi connectivity index (χ1n) is 4.40. The zero-order chi connectivity index (χ0) is 9.61. The van der Waals surface area contributed by atoms with E-state index >= 15 is 0 Å². The van der Waals surface area contributed by atoms with Crippen LogP contribution in [0.5, 0.6) is 0 Å². The summed E-state index contributed by atoms with van der Waals surface area (Å²) in [5, 5.41) is 8.38. The van der Waals surface area contributed by atoms with Crippen molar-refractivity contribution < 1.29 is 14.6 Å². The van der Waals surface area contributed by atoms with Crippen molar-refractivity contribution in [2.75, 3.05) is 0 Å². The molecule has 0 saturated carbocycles. The molecule has 0 spiro atoms. The number of rotatable bonds is 5. The molecule has 0 aromatic rings. The summed E-state index contributed by atoms with van der Waals surface area (Å²) >= 11 is 0. The van der Waals surface area contributed by atoms with Crippen LogP contribution in [0.25, 0.3) is 0 Å². The van der Waals surface area contributed by atoms with Gasteiger partial charge in [0, 0.05) is 0 Å². The van der Waals surface area contributed by atoms with Gasteiger partial charge in [0.05, 0.1) is 0 Å². The van der Waals surface area contributed by atoms with Gasteiger partial charge in [-0.3, -0.25) is 0 Å². The van der Waals surface area contributed by atoms with E-state index in [1.807, 2.05) is 0 Å². The van der Waals surface area contributed by atoms with E-state index in [-0.39, 0.29) is 0 Å². The van der Waals surface area contributed by atoms with Gasteiger partial charge in [-0.2, -0.15) is 0 Å². The van der Waals surface area contributed by atoms with Crippen LogP contribution in [-0.2, 0) is 4.74 Å². The van der Waals surface area contributed by atoms with Crippen molar-refractivity contribution in [3.63, 3.8) is 0 Å². The number of carboxylic acid groups (broad SMARTS) is 1. The van der Waals surface area contributed by atoms with Gasteiger partial charge in [0.2, 0.25) is 0 Å². The molecule has 72 valence electrons. The van der Waals surface area contributed by atoms with Gasteiger partial charge in [0.25, 0.3) is 0 Å². The smallest absolute Gasteiger partial charge is 0.450 e. The van der Waals surface area contributed by atoms with Gasteiger partial charge >= 0.3 is 6.16 Å². The lowest BCUT2D eigenvalue weighted by Gasteiger charge is -2.22. The topological polar surface area (TPSA) is 46.5 Å². The quantitative estimate of drug-likeness (QED) is 0.514. The summed E-state index contributed by atoms with van der Waals surface area (Å²) in [5.41, 5.74) is -0.527. The summed E-state index contributed by atoms with van der Waals surface area (Å²) in [6, 6.07) is 0. The maximum atomic E-state index is 10.2. The number of carbonyl (C=O) groups is 1. The molecule has 1 N–H and O–H groups in total. The number of hydrogen-bond donors (Lipinski definition) is 1. The molecule has 0 atom stereocenters. The van der Waals surface area contributed by atoms with Crippen LogP contribution in [0.4, 0.5) is 4.79 Å². The molecular weight excluding hydrogens is 156 g/mol. The van der Waals surface area contributed by atoms with Gasteiger partial charge in [0.15, 0.2) is 0 Å². The van der Waals surface area contributed by atoms with Crippen LogP contribution in [-0.4, -0.2) is 16.9 Å². The fourth-order valence-electron chi connectivity index (χ4n) is 1.09.